The van der Waals surface area contributed by atoms with Gasteiger partial charge in [-0.2, -0.15) is 0 Å². The van der Waals surface area contributed by atoms with Crippen LogP contribution in [0.4, 0.5) is 5.69 Å². The number of amides is 1. The number of carbonyl (C=O) groups is 2. The van der Waals surface area contributed by atoms with E-state index in [0.29, 0.717) is 17.3 Å². The third kappa shape index (κ3) is 6.81. The first-order valence-electron chi connectivity index (χ1n) is 8.51. The van der Waals surface area contributed by atoms with E-state index in [1.54, 1.807) is 12.1 Å². The predicted molar refractivity (Wildman–Crippen MR) is 109 cm³/mol. The fraction of sp³-hybridized carbons (Fsp3) is 0.300. The molecule has 27 heavy (non-hydrogen) atoms. The maximum absolute atomic E-state index is 12.2. The van der Waals surface area contributed by atoms with Crippen molar-refractivity contribution in [2.75, 3.05) is 17.7 Å². The highest BCUT2D eigenvalue weighted by molar-refractivity contribution is 8.00. The minimum atomic E-state index is -0.906. The zero-order chi connectivity index (χ0) is 19.8. The highest BCUT2D eigenvalue weighted by Gasteiger charge is 2.18. The highest BCUT2D eigenvalue weighted by atomic mass is 35.5. The zero-order valence-electron chi connectivity index (χ0n) is 15.5. The molecule has 0 aliphatic rings. The summed E-state index contributed by atoms with van der Waals surface area (Å²) in [6.45, 7) is 5.92. The van der Waals surface area contributed by atoms with Crippen LogP contribution in [0.5, 0.6) is 5.75 Å². The molecule has 0 aliphatic heterocycles. The SMILES string of the molecule is CCOc1ccc(SCC(=O)O[C@H](C)C(=O)Nc2cc(Cl)ccc2C)cc1. The number of anilines is 1. The van der Waals surface area contributed by atoms with Crippen LogP contribution >= 0.6 is 23.4 Å². The van der Waals surface area contributed by atoms with E-state index in [4.69, 9.17) is 21.1 Å². The van der Waals surface area contributed by atoms with Crippen molar-refractivity contribution in [1.82, 2.24) is 0 Å². The second-order valence-electron chi connectivity index (χ2n) is 5.77. The monoisotopic (exact) mass is 407 g/mol. The van der Waals surface area contributed by atoms with E-state index in [0.717, 1.165) is 16.2 Å². The standard InChI is InChI=1S/C20H22ClNO4S/c1-4-25-16-7-9-17(10-8-16)27-12-19(23)26-14(3)20(24)22-18-11-15(21)6-5-13(18)2/h5-11,14H,4,12H2,1-3H3,(H,22,24)/t14-/m1/s1. The topological polar surface area (TPSA) is 64.6 Å². The minimum Gasteiger partial charge on any atom is -0.494 e. The number of benzene rings is 2. The number of rotatable bonds is 8. The number of nitrogens with one attached hydrogen (secondary N) is 1. The summed E-state index contributed by atoms with van der Waals surface area (Å²) in [6.07, 6.45) is -0.906. The predicted octanol–water partition coefficient (Wildman–Crippen LogP) is 4.71. The molecule has 0 unspecified atom stereocenters. The van der Waals surface area contributed by atoms with Gasteiger partial charge in [0.25, 0.3) is 5.91 Å². The van der Waals surface area contributed by atoms with Crippen LogP contribution in [0.3, 0.4) is 0 Å². The molecule has 0 bridgehead atoms. The molecule has 5 nitrogen and oxygen atoms in total. The smallest absolute Gasteiger partial charge is 0.317 e. The van der Waals surface area contributed by atoms with E-state index in [9.17, 15) is 9.59 Å². The zero-order valence-corrected chi connectivity index (χ0v) is 17.0. The second kappa shape index (κ2) is 10.2. The molecule has 0 radical (unpaired) electrons. The van der Waals surface area contributed by atoms with Gasteiger partial charge in [0, 0.05) is 15.6 Å². The van der Waals surface area contributed by atoms with Crippen molar-refractivity contribution in [3.8, 4) is 5.75 Å². The van der Waals surface area contributed by atoms with Gasteiger partial charge in [0.2, 0.25) is 0 Å². The summed E-state index contributed by atoms with van der Waals surface area (Å²) in [5, 5.41) is 3.25. The van der Waals surface area contributed by atoms with E-state index < -0.39 is 18.0 Å². The summed E-state index contributed by atoms with van der Waals surface area (Å²) in [5.41, 5.74) is 1.47. The maximum atomic E-state index is 12.2. The third-order valence-electron chi connectivity index (χ3n) is 3.63. The summed E-state index contributed by atoms with van der Waals surface area (Å²) in [6, 6.07) is 12.7. The number of carbonyl (C=O) groups excluding carboxylic acids is 2. The van der Waals surface area contributed by atoms with Gasteiger partial charge in [0.15, 0.2) is 6.10 Å². The molecule has 0 aromatic heterocycles. The van der Waals surface area contributed by atoms with Gasteiger partial charge in [0.05, 0.1) is 12.4 Å². The molecule has 2 aromatic carbocycles. The van der Waals surface area contributed by atoms with Gasteiger partial charge in [-0.15, -0.1) is 11.8 Å². The Morgan fingerprint density at radius 1 is 1.19 bits per heavy atom. The Balaban J connectivity index is 1.82. The van der Waals surface area contributed by atoms with Crippen molar-refractivity contribution in [3.63, 3.8) is 0 Å². The Labute approximate surface area is 168 Å². The number of halogens is 1. The molecule has 0 fully saturated rings. The Bertz CT molecular complexity index is 795. The lowest BCUT2D eigenvalue weighted by atomic mass is 10.2. The first-order valence-corrected chi connectivity index (χ1v) is 9.87. The normalized spacial score (nSPS) is 11.6. The number of aryl methyl sites for hydroxylation is 1. The van der Waals surface area contributed by atoms with E-state index in [1.165, 1.54) is 18.7 Å². The molecule has 0 saturated heterocycles. The summed E-state index contributed by atoms with van der Waals surface area (Å²) in [4.78, 5) is 25.2. The molecular weight excluding hydrogens is 386 g/mol. The number of hydrogen-bond acceptors (Lipinski definition) is 5. The van der Waals surface area contributed by atoms with Gasteiger partial charge in [-0.05, 0) is 62.7 Å². The van der Waals surface area contributed by atoms with Crippen LogP contribution in [0.15, 0.2) is 47.4 Å². The van der Waals surface area contributed by atoms with Crippen molar-refractivity contribution in [2.24, 2.45) is 0 Å². The molecule has 144 valence electrons. The first-order chi connectivity index (χ1) is 12.9. The van der Waals surface area contributed by atoms with Crippen molar-refractivity contribution in [1.29, 1.82) is 0 Å². The lowest BCUT2D eigenvalue weighted by Crippen LogP contribution is -2.30. The van der Waals surface area contributed by atoms with E-state index in [1.807, 2.05) is 44.2 Å². The fourth-order valence-electron chi connectivity index (χ4n) is 2.19. The van der Waals surface area contributed by atoms with Crippen LogP contribution in [0.1, 0.15) is 19.4 Å². The molecule has 1 amide bonds. The molecule has 0 aliphatic carbocycles. The average Bonchev–Trinajstić information content (AvgIpc) is 2.64. The molecule has 7 heteroatoms. The van der Waals surface area contributed by atoms with Gasteiger partial charge in [-0.25, -0.2) is 0 Å². The van der Waals surface area contributed by atoms with Crippen LogP contribution in [-0.4, -0.2) is 30.3 Å². The average molecular weight is 408 g/mol. The van der Waals surface area contributed by atoms with Crippen molar-refractivity contribution < 1.29 is 19.1 Å². The molecule has 0 heterocycles. The number of esters is 1. The molecule has 2 aromatic rings. The third-order valence-corrected chi connectivity index (χ3v) is 4.85. The first kappa shape index (κ1) is 21.1. The number of hydrogen-bond donors (Lipinski definition) is 1. The summed E-state index contributed by atoms with van der Waals surface area (Å²) in [5.74, 6) is 0.0343. The number of thioether (sulfide) groups is 1. The van der Waals surface area contributed by atoms with Gasteiger partial charge in [-0.3, -0.25) is 9.59 Å². The van der Waals surface area contributed by atoms with Crippen LogP contribution in [0, 0.1) is 6.92 Å². The molecule has 1 N–H and O–H groups in total. The quantitative estimate of drug-likeness (QED) is 0.507. The Hall–Kier alpha value is -2.18. The second-order valence-corrected chi connectivity index (χ2v) is 7.26. The molecule has 0 saturated carbocycles. The summed E-state index contributed by atoms with van der Waals surface area (Å²) < 4.78 is 10.6. The van der Waals surface area contributed by atoms with Crippen LogP contribution in [0.25, 0.3) is 0 Å². The van der Waals surface area contributed by atoms with Gasteiger partial charge in [-0.1, -0.05) is 17.7 Å². The lowest BCUT2D eigenvalue weighted by molar-refractivity contribution is -0.150. The highest BCUT2D eigenvalue weighted by Crippen LogP contribution is 2.22. The van der Waals surface area contributed by atoms with E-state index in [2.05, 4.69) is 5.32 Å². The summed E-state index contributed by atoms with van der Waals surface area (Å²) >= 11 is 7.28. The van der Waals surface area contributed by atoms with Gasteiger partial charge in [0.1, 0.15) is 5.75 Å². The molecule has 2 rings (SSSR count). The maximum Gasteiger partial charge on any atom is 0.317 e. The Kier molecular flexibility index (Phi) is 8.00. The molecule has 1 atom stereocenters. The Morgan fingerprint density at radius 2 is 1.89 bits per heavy atom. The van der Waals surface area contributed by atoms with E-state index in [-0.39, 0.29) is 5.75 Å². The molecule has 0 spiro atoms. The van der Waals surface area contributed by atoms with Crippen LogP contribution < -0.4 is 10.1 Å². The van der Waals surface area contributed by atoms with Gasteiger partial charge >= 0.3 is 5.97 Å². The van der Waals surface area contributed by atoms with Crippen LogP contribution in [0.2, 0.25) is 5.02 Å². The van der Waals surface area contributed by atoms with Crippen LogP contribution in [-0.2, 0) is 14.3 Å². The van der Waals surface area contributed by atoms with Crippen molar-refractivity contribution >= 4 is 40.9 Å². The Morgan fingerprint density at radius 3 is 2.56 bits per heavy atom. The molecular formula is C20H22ClNO4S. The van der Waals surface area contributed by atoms with Crippen molar-refractivity contribution in [2.45, 2.75) is 31.8 Å². The van der Waals surface area contributed by atoms with E-state index >= 15 is 0 Å². The lowest BCUT2D eigenvalue weighted by Gasteiger charge is -2.15. The largest absolute Gasteiger partial charge is 0.494 e. The summed E-state index contributed by atoms with van der Waals surface area (Å²) in [7, 11) is 0. The van der Waals surface area contributed by atoms with Gasteiger partial charge < -0.3 is 14.8 Å². The van der Waals surface area contributed by atoms with Crippen molar-refractivity contribution in [3.05, 3.63) is 53.1 Å². The fourth-order valence-corrected chi connectivity index (χ4v) is 3.04. The number of ether oxygens (including phenoxy) is 2. The minimum absolute atomic E-state index is 0.113.